The Hall–Kier alpha value is -2.19. The Kier molecular flexibility index (Phi) is 3.73. The molecule has 8 heteroatoms. The number of pyridine rings is 1. The normalized spacial score (nSPS) is 16.2. The Labute approximate surface area is 138 Å². The van der Waals surface area contributed by atoms with E-state index in [1.807, 2.05) is 6.92 Å². The molecule has 3 rings (SSSR count). The lowest BCUT2D eigenvalue weighted by Crippen LogP contribution is -2.36. The number of amides is 1. The number of rotatable bonds is 2. The van der Waals surface area contributed by atoms with Crippen molar-refractivity contribution in [2.45, 2.75) is 18.7 Å². The van der Waals surface area contributed by atoms with Gasteiger partial charge in [-0.2, -0.15) is 0 Å². The van der Waals surface area contributed by atoms with Crippen LogP contribution < -0.4 is 5.32 Å². The fourth-order valence-electron chi connectivity index (χ4n) is 2.48. The van der Waals surface area contributed by atoms with Crippen LogP contribution in [0.3, 0.4) is 0 Å². The number of nitrogens with zero attached hydrogens (tertiary/aromatic N) is 2. The van der Waals surface area contributed by atoms with Gasteiger partial charge in [-0.15, -0.1) is 11.3 Å². The number of allylic oxidation sites excluding steroid dienone is 1. The maximum atomic E-state index is 12.6. The lowest BCUT2D eigenvalue weighted by Gasteiger charge is -2.27. The smallest absolute Gasteiger partial charge is 0.274 e. The lowest BCUT2D eigenvalue weighted by molar-refractivity contribution is -0.113. The van der Waals surface area contributed by atoms with Crippen LogP contribution in [0.4, 0.5) is 5.82 Å². The van der Waals surface area contributed by atoms with Crippen molar-refractivity contribution in [1.29, 1.82) is 0 Å². The fourth-order valence-corrected chi connectivity index (χ4v) is 5.37. The highest BCUT2D eigenvalue weighted by atomic mass is 32.2. The molecule has 1 N–H and O–H groups in total. The average Bonchev–Trinajstić information content (AvgIpc) is 2.90. The summed E-state index contributed by atoms with van der Waals surface area (Å²) in [6.45, 7) is 3.60. The summed E-state index contributed by atoms with van der Waals surface area (Å²) >= 11 is 1.37. The van der Waals surface area contributed by atoms with Gasteiger partial charge in [0.25, 0.3) is 15.9 Å². The van der Waals surface area contributed by atoms with E-state index in [-0.39, 0.29) is 10.6 Å². The quantitative estimate of drug-likeness (QED) is 0.903. The minimum absolute atomic E-state index is 0.116. The van der Waals surface area contributed by atoms with E-state index >= 15 is 0 Å². The van der Waals surface area contributed by atoms with Crippen molar-refractivity contribution in [2.24, 2.45) is 0 Å². The summed E-state index contributed by atoms with van der Waals surface area (Å²) < 4.78 is 26.3. The molecule has 0 bridgehead atoms. The molecule has 0 spiro atoms. The Morgan fingerprint density at radius 2 is 2.04 bits per heavy atom. The minimum atomic E-state index is -3.71. The number of aromatic nitrogens is 1. The molecule has 0 atom stereocenters. The Morgan fingerprint density at radius 1 is 1.30 bits per heavy atom. The third-order valence-corrected chi connectivity index (χ3v) is 6.67. The summed E-state index contributed by atoms with van der Waals surface area (Å²) in [4.78, 5) is 18.4. The molecule has 1 aliphatic rings. The topological polar surface area (TPSA) is 79.4 Å². The second kappa shape index (κ2) is 5.47. The predicted molar refractivity (Wildman–Crippen MR) is 89.5 cm³/mol. The van der Waals surface area contributed by atoms with Crippen LogP contribution in [0.2, 0.25) is 0 Å². The number of aryl methyl sites for hydroxylation is 1. The van der Waals surface area contributed by atoms with Gasteiger partial charge in [0.05, 0.1) is 4.88 Å². The zero-order valence-electron chi connectivity index (χ0n) is 12.8. The van der Waals surface area contributed by atoms with Crippen molar-refractivity contribution in [3.63, 3.8) is 0 Å². The molecule has 2 aromatic rings. The van der Waals surface area contributed by atoms with Gasteiger partial charge in [0, 0.05) is 18.1 Å². The standard InChI is InChI=1S/C15H15N3O3S2/c1-9-8-11-14(22-9)10(2)13(18(3)23(11,20)21)15(19)17-12-6-4-5-7-16-12/h4-8H,1-3H3,(H,16,17,19). The van der Waals surface area contributed by atoms with E-state index in [1.54, 1.807) is 37.4 Å². The molecule has 23 heavy (non-hydrogen) atoms. The van der Waals surface area contributed by atoms with Gasteiger partial charge in [-0.05, 0) is 37.6 Å². The molecule has 0 aliphatic carbocycles. The van der Waals surface area contributed by atoms with Crippen molar-refractivity contribution in [2.75, 3.05) is 12.4 Å². The third-order valence-electron chi connectivity index (χ3n) is 3.59. The van der Waals surface area contributed by atoms with E-state index in [0.29, 0.717) is 16.3 Å². The predicted octanol–water partition coefficient (Wildman–Crippen LogP) is 2.46. The molecule has 0 saturated carbocycles. The van der Waals surface area contributed by atoms with Crippen LogP contribution in [0.15, 0.2) is 41.1 Å². The molecule has 3 heterocycles. The van der Waals surface area contributed by atoms with Crippen LogP contribution >= 0.6 is 11.3 Å². The molecule has 1 amide bonds. The number of hydrogen-bond acceptors (Lipinski definition) is 5. The number of anilines is 1. The van der Waals surface area contributed by atoms with Crippen LogP contribution in [0, 0.1) is 6.92 Å². The van der Waals surface area contributed by atoms with E-state index in [1.165, 1.54) is 18.4 Å². The van der Waals surface area contributed by atoms with E-state index in [2.05, 4.69) is 10.3 Å². The van der Waals surface area contributed by atoms with Gasteiger partial charge < -0.3 is 5.32 Å². The first kappa shape index (κ1) is 15.7. The lowest BCUT2D eigenvalue weighted by atomic mass is 10.1. The van der Waals surface area contributed by atoms with Gasteiger partial charge >= 0.3 is 0 Å². The molecule has 2 aromatic heterocycles. The van der Waals surface area contributed by atoms with E-state index in [4.69, 9.17) is 0 Å². The highest BCUT2D eigenvalue weighted by molar-refractivity contribution is 7.89. The first-order valence-electron chi connectivity index (χ1n) is 6.85. The highest BCUT2D eigenvalue weighted by Crippen LogP contribution is 2.40. The average molecular weight is 349 g/mol. The van der Waals surface area contributed by atoms with Gasteiger partial charge in [0.15, 0.2) is 0 Å². The molecular formula is C15H15N3O3S2. The largest absolute Gasteiger partial charge is 0.305 e. The molecule has 0 fully saturated rings. The van der Waals surface area contributed by atoms with Crippen LogP contribution in [-0.2, 0) is 14.8 Å². The molecule has 0 unspecified atom stereocenters. The monoisotopic (exact) mass is 349 g/mol. The minimum Gasteiger partial charge on any atom is -0.305 e. The Morgan fingerprint density at radius 3 is 2.70 bits per heavy atom. The number of nitrogens with one attached hydrogen (secondary N) is 1. The van der Waals surface area contributed by atoms with Gasteiger partial charge in [0.1, 0.15) is 16.4 Å². The number of carbonyl (C=O) groups is 1. The molecule has 6 nitrogen and oxygen atoms in total. The van der Waals surface area contributed by atoms with Crippen molar-refractivity contribution in [3.05, 3.63) is 45.9 Å². The second-order valence-electron chi connectivity index (χ2n) is 5.17. The van der Waals surface area contributed by atoms with Gasteiger partial charge in [-0.1, -0.05) is 6.07 Å². The summed E-state index contributed by atoms with van der Waals surface area (Å²) in [5.74, 6) is -0.124. The van der Waals surface area contributed by atoms with Crippen LogP contribution in [0.25, 0.3) is 5.57 Å². The number of carbonyl (C=O) groups excluding carboxylic acids is 1. The summed E-state index contributed by atoms with van der Waals surface area (Å²) in [6, 6.07) is 6.76. The molecule has 120 valence electrons. The Balaban J connectivity index is 2.09. The van der Waals surface area contributed by atoms with Crippen molar-refractivity contribution in [1.82, 2.24) is 9.29 Å². The molecule has 0 saturated heterocycles. The maximum absolute atomic E-state index is 12.6. The maximum Gasteiger partial charge on any atom is 0.274 e. The fraction of sp³-hybridized carbons (Fsp3) is 0.200. The van der Waals surface area contributed by atoms with Crippen molar-refractivity contribution in [3.8, 4) is 0 Å². The first-order chi connectivity index (χ1) is 10.8. The molecule has 1 aliphatic heterocycles. The third kappa shape index (κ3) is 2.53. The molecule has 0 radical (unpaired) electrons. The van der Waals surface area contributed by atoms with Gasteiger partial charge in [-0.25, -0.2) is 13.4 Å². The van der Waals surface area contributed by atoms with Crippen molar-refractivity contribution < 1.29 is 13.2 Å². The van der Waals surface area contributed by atoms with Gasteiger partial charge in [-0.3, -0.25) is 9.10 Å². The van der Waals surface area contributed by atoms with E-state index < -0.39 is 15.9 Å². The zero-order valence-corrected chi connectivity index (χ0v) is 14.5. The van der Waals surface area contributed by atoms with Crippen LogP contribution in [0.5, 0.6) is 0 Å². The zero-order chi connectivity index (χ0) is 16.8. The van der Waals surface area contributed by atoms with Gasteiger partial charge in [0.2, 0.25) is 0 Å². The second-order valence-corrected chi connectivity index (χ2v) is 8.36. The number of likely N-dealkylation sites (N-methyl/N-ethyl adjacent to an activating group) is 1. The van der Waals surface area contributed by atoms with Crippen molar-refractivity contribution >= 4 is 38.7 Å². The number of hydrogen-bond donors (Lipinski definition) is 1. The number of sulfonamides is 1. The summed E-state index contributed by atoms with van der Waals surface area (Å²) in [5, 5.41) is 2.64. The van der Waals surface area contributed by atoms with E-state index in [0.717, 1.165) is 9.18 Å². The van der Waals surface area contributed by atoms with Crippen LogP contribution in [-0.4, -0.2) is 30.7 Å². The SMILES string of the molecule is CC1=C(C(=O)Nc2ccccn2)N(C)S(=O)(=O)c2cc(C)sc21. The van der Waals surface area contributed by atoms with Crippen LogP contribution in [0.1, 0.15) is 16.7 Å². The Bertz CT molecular complexity index is 915. The summed E-state index contributed by atoms with van der Waals surface area (Å²) in [5.41, 5.74) is 0.758. The van der Waals surface area contributed by atoms with E-state index in [9.17, 15) is 13.2 Å². The number of thiophene rings is 1. The highest BCUT2D eigenvalue weighted by Gasteiger charge is 2.37. The first-order valence-corrected chi connectivity index (χ1v) is 9.11. The summed E-state index contributed by atoms with van der Waals surface area (Å²) in [7, 11) is -2.32. The molecular weight excluding hydrogens is 334 g/mol. The number of fused-ring (bicyclic) bond motifs is 1. The summed E-state index contributed by atoms with van der Waals surface area (Å²) in [6.07, 6.45) is 1.55. The molecule has 0 aromatic carbocycles.